The number of rotatable bonds is 3. The van der Waals surface area contributed by atoms with Crippen molar-refractivity contribution in [1.82, 2.24) is 0 Å². The van der Waals surface area contributed by atoms with Gasteiger partial charge < -0.3 is 5.73 Å². The van der Waals surface area contributed by atoms with Crippen LogP contribution in [0.5, 0.6) is 0 Å². The van der Waals surface area contributed by atoms with Crippen LogP contribution < -0.4 is 5.73 Å². The Balaban J connectivity index is 2.10. The molecule has 0 aromatic heterocycles. The number of benzene rings is 1. The monoisotopic (exact) mass is 217 g/mol. The second-order valence-electron chi connectivity index (χ2n) is 5.64. The molecule has 1 nitrogen and oxygen atoms in total. The van der Waals surface area contributed by atoms with Crippen LogP contribution in [-0.2, 0) is 5.54 Å². The van der Waals surface area contributed by atoms with Gasteiger partial charge in [-0.3, -0.25) is 0 Å². The summed E-state index contributed by atoms with van der Waals surface area (Å²) in [6.07, 6.45) is 6.68. The quantitative estimate of drug-likeness (QED) is 0.820. The lowest BCUT2D eigenvalue weighted by molar-refractivity contribution is 0.349. The second kappa shape index (κ2) is 4.58. The summed E-state index contributed by atoms with van der Waals surface area (Å²) in [6.45, 7) is 4.31. The van der Waals surface area contributed by atoms with E-state index in [0.717, 1.165) is 12.3 Å². The smallest absolute Gasteiger partial charge is 0.0383 e. The molecular formula is C15H23N. The molecule has 0 spiro atoms. The lowest BCUT2D eigenvalue weighted by atomic mass is 9.83. The minimum absolute atomic E-state index is 0.152. The number of hydrogen-bond donors (Lipinski definition) is 1. The largest absolute Gasteiger partial charge is 0.322 e. The van der Waals surface area contributed by atoms with Crippen LogP contribution in [0, 0.1) is 12.8 Å². The summed E-state index contributed by atoms with van der Waals surface area (Å²) < 4.78 is 0. The molecule has 0 bridgehead atoms. The molecule has 1 aromatic carbocycles. The third-order valence-electron chi connectivity index (χ3n) is 3.86. The van der Waals surface area contributed by atoms with Gasteiger partial charge in [0.15, 0.2) is 0 Å². The van der Waals surface area contributed by atoms with Crippen LogP contribution in [0.1, 0.15) is 50.2 Å². The Bertz CT molecular complexity index is 348. The molecule has 0 radical (unpaired) electrons. The predicted molar refractivity (Wildman–Crippen MR) is 69.3 cm³/mol. The lowest BCUT2D eigenvalue weighted by Crippen LogP contribution is -2.35. The Kier molecular flexibility index (Phi) is 3.34. The standard InChI is InChI=1S/C15H23N/c1-12-6-5-9-14(10-12)15(2,16)11-13-7-3-4-8-13/h5-6,9-10,13H,3-4,7-8,11,16H2,1-2H3. The van der Waals surface area contributed by atoms with Crippen LogP contribution in [-0.4, -0.2) is 0 Å². The number of hydrogen-bond acceptors (Lipinski definition) is 1. The summed E-state index contributed by atoms with van der Waals surface area (Å²) in [7, 11) is 0. The first-order valence-corrected chi connectivity index (χ1v) is 6.44. The third-order valence-corrected chi connectivity index (χ3v) is 3.86. The maximum Gasteiger partial charge on any atom is 0.0383 e. The molecule has 1 aliphatic carbocycles. The van der Waals surface area contributed by atoms with Crippen molar-refractivity contribution in [2.75, 3.05) is 0 Å². The van der Waals surface area contributed by atoms with Gasteiger partial charge in [-0.2, -0.15) is 0 Å². The third kappa shape index (κ3) is 2.65. The Morgan fingerprint density at radius 2 is 2.00 bits per heavy atom. The minimum atomic E-state index is -0.152. The van der Waals surface area contributed by atoms with E-state index < -0.39 is 0 Å². The summed E-state index contributed by atoms with van der Waals surface area (Å²) in [5, 5.41) is 0. The van der Waals surface area contributed by atoms with Gasteiger partial charge in [-0.05, 0) is 31.7 Å². The molecule has 88 valence electrons. The van der Waals surface area contributed by atoms with Crippen LogP contribution >= 0.6 is 0 Å². The molecule has 0 aliphatic heterocycles. The van der Waals surface area contributed by atoms with Gasteiger partial charge in [-0.1, -0.05) is 55.5 Å². The van der Waals surface area contributed by atoms with Gasteiger partial charge in [-0.15, -0.1) is 0 Å². The first kappa shape index (κ1) is 11.7. The van der Waals surface area contributed by atoms with Gasteiger partial charge in [0.05, 0.1) is 0 Å². The van der Waals surface area contributed by atoms with Crippen molar-refractivity contribution in [3.63, 3.8) is 0 Å². The Morgan fingerprint density at radius 3 is 2.62 bits per heavy atom. The van der Waals surface area contributed by atoms with E-state index in [1.165, 1.54) is 36.8 Å². The topological polar surface area (TPSA) is 26.0 Å². The normalized spacial score (nSPS) is 20.9. The molecule has 0 saturated heterocycles. The Morgan fingerprint density at radius 1 is 1.31 bits per heavy atom. The van der Waals surface area contributed by atoms with E-state index in [4.69, 9.17) is 5.73 Å². The Labute approximate surface area is 99.0 Å². The highest BCUT2D eigenvalue weighted by Crippen LogP contribution is 2.35. The molecule has 1 saturated carbocycles. The fourth-order valence-corrected chi connectivity index (χ4v) is 2.93. The molecule has 1 aliphatic rings. The fourth-order valence-electron chi connectivity index (χ4n) is 2.93. The average Bonchev–Trinajstić information content (AvgIpc) is 2.70. The Hall–Kier alpha value is -0.820. The van der Waals surface area contributed by atoms with Crippen molar-refractivity contribution in [3.05, 3.63) is 35.4 Å². The van der Waals surface area contributed by atoms with Crippen LogP contribution in [0.4, 0.5) is 0 Å². The van der Waals surface area contributed by atoms with Gasteiger partial charge in [0.2, 0.25) is 0 Å². The summed E-state index contributed by atoms with van der Waals surface area (Å²) in [4.78, 5) is 0. The predicted octanol–water partition coefficient (Wildman–Crippen LogP) is 3.75. The van der Waals surface area contributed by atoms with Gasteiger partial charge in [0.25, 0.3) is 0 Å². The fraction of sp³-hybridized carbons (Fsp3) is 0.600. The average molecular weight is 217 g/mol. The van der Waals surface area contributed by atoms with Crippen LogP contribution in [0.15, 0.2) is 24.3 Å². The van der Waals surface area contributed by atoms with E-state index in [2.05, 4.69) is 38.1 Å². The van der Waals surface area contributed by atoms with Crippen molar-refractivity contribution in [2.45, 2.75) is 51.5 Å². The van der Waals surface area contributed by atoms with Crippen molar-refractivity contribution in [1.29, 1.82) is 0 Å². The summed E-state index contributed by atoms with van der Waals surface area (Å²) >= 11 is 0. The summed E-state index contributed by atoms with van der Waals surface area (Å²) in [6, 6.07) is 8.65. The number of nitrogens with two attached hydrogens (primary N) is 1. The van der Waals surface area contributed by atoms with E-state index >= 15 is 0 Å². The highest BCUT2D eigenvalue weighted by molar-refractivity contribution is 5.28. The molecule has 0 heterocycles. The minimum Gasteiger partial charge on any atom is -0.322 e. The van der Waals surface area contributed by atoms with Crippen molar-refractivity contribution < 1.29 is 0 Å². The maximum absolute atomic E-state index is 6.49. The molecule has 1 heteroatoms. The summed E-state index contributed by atoms with van der Waals surface area (Å²) in [5.41, 5.74) is 8.93. The molecule has 1 fully saturated rings. The molecular weight excluding hydrogens is 194 g/mol. The van der Waals surface area contributed by atoms with Crippen LogP contribution in [0.25, 0.3) is 0 Å². The number of aryl methyl sites for hydroxylation is 1. The first-order chi connectivity index (χ1) is 7.58. The van der Waals surface area contributed by atoms with Crippen molar-refractivity contribution in [3.8, 4) is 0 Å². The molecule has 2 rings (SSSR count). The zero-order valence-corrected chi connectivity index (χ0v) is 10.5. The lowest BCUT2D eigenvalue weighted by Gasteiger charge is -2.28. The van der Waals surface area contributed by atoms with E-state index in [1.54, 1.807) is 0 Å². The first-order valence-electron chi connectivity index (χ1n) is 6.44. The molecule has 0 amide bonds. The van der Waals surface area contributed by atoms with E-state index in [1.807, 2.05) is 0 Å². The molecule has 1 unspecified atom stereocenters. The highest BCUT2D eigenvalue weighted by atomic mass is 14.7. The zero-order valence-electron chi connectivity index (χ0n) is 10.5. The molecule has 16 heavy (non-hydrogen) atoms. The molecule has 1 aromatic rings. The van der Waals surface area contributed by atoms with Crippen LogP contribution in [0.2, 0.25) is 0 Å². The summed E-state index contributed by atoms with van der Waals surface area (Å²) in [5.74, 6) is 0.843. The van der Waals surface area contributed by atoms with E-state index in [9.17, 15) is 0 Å². The van der Waals surface area contributed by atoms with Gasteiger partial charge in [0.1, 0.15) is 0 Å². The second-order valence-corrected chi connectivity index (χ2v) is 5.64. The van der Waals surface area contributed by atoms with Crippen molar-refractivity contribution in [2.24, 2.45) is 11.7 Å². The van der Waals surface area contributed by atoms with Gasteiger partial charge in [0, 0.05) is 5.54 Å². The molecule has 2 N–H and O–H groups in total. The van der Waals surface area contributed by atoms with Crippen molar-refractivity contribution >= 4 is 0 Å². The van der Waals surface area contributed by atoms with Gasteiger partial charge in [-0.25, -0.2) is 0 Å². The SMILES string of the molecule is Cc1cccc(C(C)(N)CC2CCCC2)c1. The molecule has 1 atom stereocenters. The van der Waals surface area contributed by atoms with E-state index in [0.29, 0.717) is 0 Å². The van der Waals surface area contributed by atoms with Crippen LogP contribution in [0.3, 0.4) is 0 Å². The van der Waals surface area contributed by atoms with Gasteiger partial charge >= 0.3 is 0 Å². The maximum atomic E-state index is 6.49. The highest BCUT2D eigenvalue weighted by Gasteiger charge is 2.27. The van der Waals surface area contributed by atoms with E-state index in [-0.39, 0.29) is 5.54 Å². The zero-order chi connectivity index (χ0) is 11.6.